The first-order valence-electron chi connectivity index (χ1n) is 6.68. The predicted molar refractivity (Wildman–Crippen MR) is 83.6 cm³/mol. The summed E-state index contributed by atoms with van der Waals surface area (Å²) in [5, 5.41) is 8.98. The van der Waals surface area contributed by atoms with Gasteiger partial charge in [-0.25, -0.2) is 13.2 Å². The first kappa shape index (κ1) is 18.1. The zero-order chi connectivity index (χ0) is 16.2. The van der Waals surface area contributed by atoms with E-state index in [0.29, 0.717) is 18.0 Å². The lowest BCUT2D eigenvalue weighted by molar-refractivity contribution is 0.0702. The normalized spacial score (nSPS) is 12.3. The van der Waals surface area contributed by atoms with Gasteiger partial charge in [-0.2, -0.15) is 4.31 Å². The monoisotopic (exact) mass is 334 g/mol. The predicted octanol–water partition coefficient (Wildman–Crippen LogP) is 1.72. The number of carboxylic acids is 1. The number of sulfonamides is 1. The largest absolute Gasteiger partial charge is 0.477 e. The highest BCUT2D eigenvalue weighted by atomic mass is 32.2. The van der Waals surface area contributed by atoms with Crippen molar-refractivity contribution in [2.45, 2.75) is 25.2 Å². The van der Waals surface area contributed by atoms with Crippen LogP contribution in [0.15, 0.2) is 11.0 Å². The fraction of sp³-hybridized carbons (Fsp3) is 0.615. The number of aromatic carboxylic acids is 1. The van der Waals surface area contributed by atoms with Crippen LogP contribution >= 0.6 is 11.3 Å². The minimum atomic E-state index is -3.63. The average molecular weight is 334 g/mol. The second-order valence-corrected chi connectivity index (χ2v) is 8.15. The molecule has 1 heterocycles. The highest BCUT2D eigenvalue weighted by Gasteiger charge is 2.27. The lowest BCUT2D eigenvalue weighted by atomic mass is 10.4. The molecule has 21 heavy (non-hydrogen) atoms. The number of rotatable bonds is 8. The van der Waals surface area contributed by atoms with E-state index in [1.165, 1.54) is 10.4 Å². The summed E-state index contributed by atoms with van der Waals surface area (Å²) >= 11 is 0.992. The Morgan fingerprint density at radius 2 is 1.95 bits per heavy atom. The van der Waals surface area contributed by atoms with Crippen molar-refractivity contribution < 1.29 is 18.3 Å². The van der Waals surface area contributed by atoms with Crippen molar-refractivity contribution in [3.05, 3.63) is 15.8 Å². The molecule has 1 N–H and O–H groups in total. The second-order valence-electron chi connectivity index (χ2n) is 4.99. The summed E-state index contributed by atoms with van der Waals surface area (Å²) in [4.78, 5) is 13.6. The van der Waals surface area contributed by atoms with E-state index in [0.717, 1.165) is 24.3 Å². The molecule has 0 aromatic carbocycles. The summed E-state index contributed by atoms with van der Waals surface area (Å²) in [6, 6.07) is 1.26. The molecule has 0 fully saturated rings. The van der Waals surface area contributed by atoms with Gasteiger partial charge in [0.15, 0.2) is 0 Å². The maximum absolute atomic E-state index is 12.6. The number of carbonyl (C=O) groups is 1. The van der Waals surface area contributed by atoms with Crippen molar-refractivity contribution in [1.29, 1.82) is 0 Å². The van der Waals surface area contributed by atoms with Gasteiger partial charge in [0.2, 0.25) is 10.0 Å². The van der Waals surface area contributed by atoms with E-state index < -0.39 is 16.0 Å². The molecule has 0 bridgehead atoms. The molecule has 6 nitrogen and oxygen atoms in total. The Kier molecular flexibility index (Phi) is 6.33. The van der Waals surface area contributed by atoms with Gasteiger partial charge in [-0.05, 0) is 40.1 Å². The van der Waals surface area contributed by atoms with Crippen molar-refractivity contribution in [2.75, 3.05) is 33.7 Å². The first-order valence-corrected chi connectivity index (χ1v) is 8.94. The minimum Gasteiger partial charge on any atom is -0.477 e. The smallest absolute Gasteiger partial charge is 0.345 e. The molecule has 0 amide bonds. The van der Waals surface area contributed by atoms with Crippen molar-refractivity contribution in [3.63, 3.8) is 0 Å². The number of aryl methyl sites for hydroxylation is 1. The van der Waals surface area contributed by atoms with Gasteiger partial charge < -0.3 is 10.0 Å². The van der Waals surface area contributed by atoms with Gasteiger partial charge in [-0.3, -0.25) is 0 Å². The van der Waals surface area contributed by atoms with Crippen LogP contribution in [0.5, 0.6) is 0 Å². The molecule has 0 unspecified atom stereocenters. The number of carboxylic acid groups (broad SMARTS) is 1. The fourth-order valence-electron chi connectivity index (χ4n) is 1.98. The Balaban J connectivity index is 2.99. The van der Waals surface area contributed by atoms with Gasteiger partial charge in [0.25, 0.3) is 0 Å². The van der Waals surface area contributed by atoms with Gasteiger partial charge in [-0.15, -0.1) is 11.3 Å². The summed E-state index contributed by atoms with van der Waals surface area (Å²) in [5.74, 6) is -1.10. The third-order valence-electron chi connectivity index (χ3n) is 3.07. The van der Waals surface area contributed by atoms with E-state index in [2.05, 4.69) is 0 Å². The highest BCUT2D eigenvalue weighted by molar-refractivity contribution is 7.89. The van der Waals surface area contributed by atoms with Crippen LogP contribution in [-0.2, 0) is 10.0 Å². The molecule has 0 spiro atoms. The summed E-state index contributed by atoms with van der Waals surface area (Å²) in [6.45, 7) is 5.02. The standard InChI is InChI=1S/C13H22N2O4S2/c1-5-15(8-6-7-14(3)4)21(18,19)12-9-11(13(16)17)20-10(12)2/h9H,5-8H2,1-4H3,(H,16,17). The molecule has 0 saturated carbocycles. The zero-order valence-electron chi connectivity index (χ0n) is 12.8. The van der Waals surface area contributed by atoms with Crippen molar-refractivity contribution in [1.82, 2.24) is 9.21 Å². The van der Waals surface area contributed by atoms with E-state index >= 15 is 0 Å². The van der Waals surface area contributed by atoms with Crippen molar-refractivity contribution >= 4 is 27.3 Å². The van der Waals surface area contributed by atoms with Gasteiger partial charge in [0, 0.05) is 18.0 Å². The Morgan fingerprint density at radius 3 is 2.38 bits per heavy atom. The van der Waals surface area contributed by atoms with Crippen LogP contribution in [0.25, 0.3) is 0 Å². The van der Waals surface area contributed by atoms with Crippen LogP contribution in [0.3, 0.4) is 0 Å². The topological polar surface area (TPSA) is 77.9 Å². The molecule has 1 aromatic rings. The van der Waals surface area contributed by atoms with Crippen LogP contribution in [0.1, 0.15) is 27.9 Å². The molecule has 0 aliphatic rings. The molecule has 0 aliphatic heterocycles. The van der Waals surface area contributed by atoms with E-state index in [-0.39, 0.29) is 9.77 Å². The second kappa shape index (κ2) is 7.35. The third-order valence-corrected chi connectivity index (χ3v) is 6.33. The van der Waals surface area contributed by atoms with E-state index in [1.807, 2.05) is 19.0 Å². The maximum atomic E-state index is 12.6. The fourth-order valence-corrected chi connectivity index (χ4v) is 4.86. The van der Waals surface area contributed by atoms with Crippen LogP contribution in [0, 0.1) is 6.92 Å². The average Bonchev–Trinajstić information content (AvgIpc) is 2.77. The lowest BCUT2D eigenvalue weighted by Crippen LogP contribution is -2.33. The van der Waals surface area contributed by atoms with E-state index in [9.17, 15) is 13.2 Å². The molecule has 0 atom stereocenters. The molecule has 8 heteroatoms. The molecular weight excluding hydrogens is 312 g/mol. The Bertz CT molecular complexity index is 593. The molecular formula is C13H22N2O4S2. The molecule has 0 radical (unpaired) electrons. The van der Waals surface area contributed by atoms with E-state index in [4.69, 9.17) is 5.11 Å². The minimum absolute atomic E-state index is 0.0513. The summed E-state index contributed by atoms with van der Waals surface area (Å²) in [5.41, 5.74) is 0. The Labute approximate surface area is 130 Å². The number of thiophene rings is 1. The summed E-state index contributed by atoms with van der Waals surface area (Å²) in [6.07, 6.45) is 0.731. The van der Waals surface area contributed by atoms with Gasteiger partial charge in [0.1, 0.15) is 4.88 Å². The molecule has 0 aliphatic carbocycles. The van der Waals surface area contributed by atoms with E-state index in [1.54, 1.807) is 13.8 Å². The number of hydrogen-bond acceptors (Lipinski definition) is 5. The summed E-state index contributed by atoms with van der Waals surface area (Å²) in [7, 11) is 0.244. The van der Waals surface area contributed by atoms with Crippen LogP contribution in [-0.4, -0.2) is 62.4 Å². The Morgan fingerprint density at radius 1 is 1.33 bits per heavy atom. The van der Waals surface area contributed by atoms with Crippen LogP contribution in [0.2, 0.25) is 0 Å². The van der Waals surface area contributed by atoms with Gasteiger partial charge in [-0.1, -0.05) is 6.92 Å². The molecule has 1 aromatic heterocycles. The maximum Gasteiger partial charge on any atom is 0.345 e. The quantitative estimate of drug-likeness (QED) is 0.783. The zero-order valence-corrected chi connectivity index (χ0v) is 14.4. The van der Waals surface area contributed by atoms with Crippen molar-refractivity contribution in [2.24, 2.45) is 0 Å². The first-order chi connectivity index (χ1) is 9.70. The molecule has 1 rings (SSSR count). The number of nitrogens with zero attached hydrogens (tertiary/aromatic N) is 2. The third kappa shape index (κ3) is 4.50. The Hall–Kier alpha value is -0.960. The highest BCUT2D eigenvalue weighted by Crippen LogP contribution is 2.28. The SMILES string of the molecule is CCN(CCCN(C)C)S(=O)(=O)c1cc(C(=O)O)sc1C. The van der Waals surface area contributed by atoms with Crippen molar-refractivity contribution in [3.8, 4) is 0 Å². The number of hydrogen-bond donors (Lipinski definition) is 1. The summed E-state index contributed by atoms with van der Waals surface area (Å²) < 4.78 is 26.6. The molecule has 120 valence electrons. The van der Waals surface area contributed by atoms with Crippen LogP contribution in [0.4, 0.5) is 0 Å². The van der Waals surface area contributed by atoms with Crippen LogP contribution < -0.4 is 0 Å². The van der Waals surface area contributed by atoms with Gasteiger partial charge >= 0.3 is 5.97 Å². The molecule has 0 saturated heterocycles. The van der Waals surface area contributed by atoms with Gasteiger partial charge in [0.05, 0.1) is 4.90 Å². The lowest BCUT2D eigenvalue weighted by Gasteiger charge is -2.21.